The van der Waals surface area contributed by atoms with Crippen molar-refractivity contribution in [2.24, 2.45) is 0 Å². The van der Waals surface area contributed by atoms with E-state index in [0.717, 1.165) is 5.56 Å². The number of ether oxygens (including phenoxy) is 1. The predicted molar refractivity (Wildman–Crippen MR) is 103 cm³/mol. The van der Waals surface area contributed by atoms with Gasteiger partial charge in [-0.15, -0.1) is 0 Å². The maximum Gasteiger partial charge on any atom is 0.255 e. The highest BCUT2D eigenvalue weighted by molar-refractivity contribution is 6.05. The van der Waals surface area contributed by atoms with Crippen molar-refractivity contribution in [2.45, 2.75) is 38.5 Å². The summed E-state index contributed by atoms with van der Waals surface area (Å²) < 4.78 is 5.45. The lowest BCUT2D eigenvalue weighted by Gasteiger charge is -2.31. The van der Waals surface area contributed by atoms with Gasteiger partial charge in [0.2, 0.25) is 17.7 Å². The molecule has 29 heavy (non-hydrogen) atoms. The summed E-state index contributed by atoms with van der Waals surface area (Å²) in [5.41, 5.74) is 2.03. The number of rotatable bonds is 4. The van der Waals surface area contributed by atoms with E-state index < -0.39 is 11.9 Å². The molecule has 3 aliphatic heterocycles. The molecule has 0 radical (unpaired) electrons. The van der Waals surface area contributed by atoms with Crippen LogP contribution in [0.2, 0.25) is 0 Å². The van der Waals surface area contributed by atoms with Crippen LogP contribution in [0, 0.1) is 0 Å². The number of anilines is 1. The number of piperidine rings is 1. The number of imide groups is 1. The second kappa shape index (κ2) is 7.82. The molecule has 0 saturated carbocycles. The summed E-state index contributed by atoms with van der Waals surface area (Å²) in [6, 6.07) is 4.76. The van der Waals surface area contributed by atoms with Gasteiger partial charge in [-0.3, -0.25) is 24.5 Å². The minimum atomic E-state index is -0.631. The van der Waals surface area contributed by atoms with E-state index in [9.17, 15) is 19.2 Å². The molecule has 2 fully saturated rings. The van der Waals surface area contributed by atoms with Crippen molar-refractivity contribution < 1.29 is 23.9 Å². The summed E-state index contributed by atoms with van der Waals surface area (Å²) in [6.45, 7) is 4.10. The zero-order valence-corrected chi connectivity index (χ0v) is 16.3. The summed E-state index contributed by atoms with van der Waals surface area (Å²) in [4.78, 5) is 52.0. The Kier molecular flexibility index (Phi) is 5.23. The monoisotopic (exact) mass is 400 g/mol. The van der Waals surface area contributed by atoms with E-state index >= 15 is 0 Å². The molecule has 0 bridgehead atoms. The number of carbonyl (C=O) groups excluding carboxylic acids is 4. The quantitative estimate of drug-likeness (QED) is 0.695. The molecule has 4 amide bonds. The topological polar surface area (TPSA) is 108 Å². The van der Waals surface area contributed by atoms with E-state index in [-0.39, 0.29) is 36.8 Å². The van der Waals surface area contributed by atoms with Gasteiger partial charge in [0.1, 0.15) is 6.04 Å². The zero-order valence-electron chi connectivity index (χ0n) is 16.3. The highest BCUT2D eigenvalue weighted by Gasteiger charge is 2.39. The lowest BCUT2D eigenvalue weighted by Crippen LogP contribution is -2.52. The molecule has 2 N–H and O–H groups in total. The Balaban J connectivity index is 1.39. The van der Waals surface area contributed by atoms with Crippen molar-refractivity contribution >= 4 is 29.3 Å². The fourth-order valence-corrected chi connectivity index (χ4v) is 4.00. The minimum absolute atomic E-state index is 0.0165. The molecular weight excluding hydrogens is 376 g/mol. The van der Waals surface area contributed by atoms with Crippen molar-refractivity contribution in [1.82, 2.24) is 15.1 Å². The molecule has 0 aromatic heterocycles. The smallest absolute Gasteiger partial charge is 0.255 e. The molecule has 1 aromatic carbocycles. The predicted octanol–water partition coefficient (Wildman–Crippen LogP) is 0.107. The van der Waals surface area contributed by atoms with Gasteiger partial charge in [-0.05, 0) is 31.0 Å². The largest absolute Gasteiger partial charge is 0.376 e. The lowest BCUT2D eigenvalue weighted by atomic mass is 10.0. The third-order valence-electron chi connectivity index (χ3n) is 5.57. The van der Waals surface area contributed by atoms with Crippen LogP contribution in [-0.4, -0.2) is 71.8 Å². The molecule has 0 spiro atoms. The number of hydrogen-bond donors (Lipinski definition) is 2. The Morgan fingerprint density at radius 1 is 1.31 bits per heavy atom. The molecule has 2 saturated heterocycles. The van der Waals surface area contributed by atoms with Crippen LogP contribution in [0.25, 0.3) is 0 Å². The second-order valence-electron chi connectivity index (χ2n) is 7.65. The first-order valence-corrected chi connectivity index (χ1v) is 9.83. The van der Waals surface area contributed by atoms with Gasteiger partial charge < -0.3 is 19.9 Å². The van der Waals surface area contributed by atoms with Crippen LogP contribution in [0.5, 0.6) is 0 Å². The number of benzene rings is 1. The Bertz CT molecular complexity index is 870. The lowest BCUT2D eigenvalue weighted by molar-refractivity contribution is -0.137. The molecular formula is C20H24N4O5. The number of morpholine rings is 1. The average Bonchev–Trinajstić information content (AvgIpc) is 3.02. The summed E-state index contributed by atoms with van der Waals surface area (Å²) in [6.07, 6.45) is 0.594. The van der Waals surface area contributed by atoms with Gasteiger partial charge in [-0.25, -0.2) is 0 Å². The third-order valence-corrected chi connectivity index (χ3v) is 5.57. The molecule has 2 atom stereocenters. The number of fused-ring (bicyclic) bond motifs is 1. The molecule has 2 unspecified atom stereocenters. The van der Waals surface area contributed by atoms with Crippen LogP contribution in [0.4, 0.5) is 5.69 Å². The van der Waals surface area contributed by atoms with Crippen LogP contribution < -0.4 is 10.6 Å². The van der Waals surface area contributed by atoms with E-state index in [1.165, 1.54) is 4.90 Å². The Morgan fingerprint density at radius 3 is 2.90 bits per heavy atom. The SMILES string of the molecule is CC1CN(C(=O)CNc2ccc3c(c2)C(=O)N(C2CCC(=O)NC2=O)C3)CCO1. The van der Waals surface area contributed by atoms with E-state index in [1.54, 1.807) is 11.0 Å². The fourth-order valence-electron chi connectivity index (χ4n) is 4.00. The second-order valence-corrected chi connectivity index (χ2v) is 7.65. The van der Waals surface area contributed by atoms with E-state index in [4.69, 9.17) is 4.74 Å². The first kappa shape index (κ1) is 19.4. The normalized spacial score (nSPS) is 24.4. The van der Waals surface area contributed by atoms with Gasteiger partial charge in [0, 0.05) is 37.3 Å². The van der Waals surface area contributed by atoms with Crippen molar-refractivity contribution in [2.75, 3.05) is 31.6 Å². The summed E-state index contributed by atoms with van der Waals surface area (Å²) in [5, 5.41) is 5.39. The van der Waals surface area contributed by atoms with Crippen molar-refractivity contribution in [1.29, 1.82) is 0 Å². The number of hydrogen-bond acceptors (Lipinski definition) is 6. The third kappa shape index (κ3) is 3.95. The Morgan fingerprint density at radius 2 is 2.14 bits per heavy atom. The molecule has 3 aliphatic rings. The standard InChI is InChI=1S/C20H24N4O5/c1-12-10-23(6-7-29-12)18(26)9-21-14-3-2-13-11-24(20(28)15(13)8-14)16-4-5-17(25)22-19(16)27/h2-3,8,12,16,21H,4-7,9-11H2,1H3,(H,22,25,27). The average molecular weight is 400 g/mol. The molecule has 9 heteroatoms. The van der Waals surface area contributed by atoms with Crippen molar-refractivity contribution in [3.63, 3.8) is 0 Å². The Hall–Kier alpha value is -2.94. The van der Waals surface area contributed by atoms with Gasteiger partial charge >= 0.3 is 0 Å². The van der Waals surface area contributed by atoms with E-state index in [1.807, 2.05) is 19.1 Å². The van der Waals surface area contributed by atoms with Gasteiger partial charge in [0.05, 0.1) is 19.3 Å². The van der Waals surface area contributed by atoms with Crippen molar-refractivity contribution in [3.8, 4) is 0 Å². The molecule has 3 heterocycles. The first-order chi connectivity index (χ1) is 13.9. The van der Waals surface area contributed by atoms with Crippen LogP contribution in [0.1, 0.15) is 35.7 Å². The van der Waals surface area contributed by atoms with Crippen LogP contribution in [0.3, 0.4) is 0 Å². The van der Waals surface area contributed by atoms with E-state index in [0.29, 0.717) is 43.9 Å². The van der Waals surface area contributed by atoms with Crippen LogP contribution in [0.15, 0.2) is 18.2 Å². The summed E-state index contributed by atoms with van der Waals surface area (Å²) in [7, 11) is 0. The molecule has 1 aromatic rings. The van der Waals surface area contributed by atoms with Gasteiger partial charge in [-0.1, -0.05) is 6.07 Å². The maximum atomic E-state index is 12.8. The van der Waals surface area contributed by atoms with Crippen LogP contribution in [-0.2, 0) is 25.7 Å². The van der Waals surface area contributed by atoms with Crippen LogP contribution >= 0.6 is 0 Å². The zero-order chi connectivity index (χ0) is 20.5. The molecule has 4 rings (SSSR count). The summed E-state index contributed by atoms with van der Waals surface area (Å²) >= 11 is 0. The first-order valence-electron chi connectivity index (χ1n) is 9.83. The van der Waals surface area contributed by atoms with Gasteiger partial charge in [-0.2, -0.15) is 0 Å². The van der Waals surface area contributed by atoms with Gasteiger partial charge in [0.25, 0.3) is 5.91 Å². The number of nitrogens with zero attached hydrogens (tertiary/aromatic N) is 2. The Labute approximate surface area is 168 Å². The number of amides is 4. The fraction of sp³-hybridized carbons (Fsp3) is 0.500. The molecule has 0 aliphatic carbocycles. The maximum absolute atomic E-state index is 12.8. The van der Waals surface area contributed by atoms with E-state index in [2.05, 4.69) is 10.6 Å². The minimum Gasteiger partial charge on any atom is -0.376 e. The highest BCUT2D eigenvalue weighted by Crippen LogP contribution is 2.29. The highest BCUT2D eigenvalue weighted by atomic mass is 16.5. The number of nitrogens with one attached hydrogen (secondary N) is 2. The molecule has 9 nitrogen and oxygen atoms in total. The van der Waals surface area contributed by atoms with Crippen molar-refractivity contribution in [3.05, 3.63) is 29.3 Å². The van der Waals surface area contributed by atoms with Gasteiger partial charge in [0.15, 0.2) is 0 Å². The summed E-state index contributed by atoms with van der Waals surface area (Å²) in [5.74, 6) is -0.976. The number of carbonyl (C=O) groups is 4. The molecule has 154 valence electrons.